The predicted molar refractivity (Wildman–Crippen MR) is 118 cm³/mol. The number of hydrogen-bond acceptors (Lipinski definition) is 9. The van der Waals surface area contributed by atoms with E-state index in [1.54, 1.807) is 0 Å². The van der Waals surface area contributed by atoms with Crippen LogP contribution in [-0.2, 0) is 14.8 Å². The molecule has 1 heterocycles. The number of hydrogen-bond donors (Lipinski definition) is 2. The van der Waals surface area contributed by atoms with Crippen LogP contribution in [0, 0.1) is 5.41 Å². The first-order valence-electron chi connectivity index (χ1n) is 9.62. The topological polar surface area (TPSA) is 140 Å². The Bertz CT molecular complexity index is 1170. The van der Waals surface area contributed by atoms with Gasteiger partial charge in [-0.15, -0.1) is 0 Å². The lowest BCUT2D eigenvalue weighted by molar-refractivity contribution is -0.117. The summed E-state index contributed by atoms with van der Waals surface area (Å²) in [5, 5.41) is 10.2. The summed E-state index contributed by atoms with van der Waals surface area (Å²) in [4.78, 5) is 24.3. The number of aliphatic imine (C=N–C) groups is 1. The summed E-state index contributed by atoms with van der Waals surface area (Å²) < 4.78 is 37.7. The van der Waals surface area contributed by atoms with Gasteiger partial charge in [-0.2, -0.15) is 9.97 Å². The summed E-state index contributed by atoms with van der Waals surface area (Å²) >= 11 is 0. The largest absolute Gasteiger partial charge is 0.511 e. The zero-order chi connectivity index (χ0) is 23.5. The number of ketones is 1. The standard InChI is InChI=1S/C21H24N4O6S/c1-21(2)10-16(26)15(17(27)11-21)12-22-13-5-7-14(8-6-13)32(28,29)25-18-9-19(30-3)24-20(23-18)31-4/h5-9,12,26H,10-11H2,1-4H3,(H,23,24,25). The average molecular weight is 461 g/mol. The van der Waals surface area contributed by atoms with Crippen molar-refractivity contribution in [2.45, 2.75) is 31.6 Å². The Morgan fingerprint density at radius 3 is 2.41 bits per heavy atom. The molecule has 1 aromatic heterocycles. The highest BCUT2D eigenvalue weighted by Crippen LogP contribution is 2.35. The van der Waals surface area contributed by atoms with E-state index in [1.807, 2.05) is 13.8 Å². The summed E-state index contributed by atoms with van der Waals surface area (Å²) in [6, 6.07) is 6.98. The number of aromatic nitrogens is 2. The Morgan fingerprint density at radius 1 is 1.12 bits per heavy atom. The van der Waals surface area contributed by atoms with Crippen molar-refractivity contribution in [2.75, 3.05) is 18.9 Å². The molecule has 10 nitrogen and oxygen atoms in total. The molecule has 1 aliphatic carbocycles. The highest BCUT2D eigenvalue weighted by molar-refractivity contribution is 7.92. The number of aliphatic hydroxyl groups excluding tert-OH is 1. The van der Waals surface area contributed by atoms with Crippen molar-refractivity contribution in [2.24, 2.45) is 10.4 Å². The van der Waals surface area contributed by atoms with Crippen LogP contribution < -0.4 is 14.2 Å². The minimum atomic E-state index is -3.95. The molecule has 0 fully saturated rings. The number of nitrogens with one attached hydrogen (secondary N) is 1. The molecule has 1 aromatic carbocycles. The van der Waals surface area contributed by atoms with E-state index in [9.17, 15) is 18.3 Å². The van der Waals surface area contributed by atoms with E-state index in [0.717, 1.165) is 0 Å². The van der Waals surface area contributed by atoms with Crippen LogP contribution in [0.15, 0.2) is 51.6 Å². The van der Waals surface area contributed by atoms with E-state index in [1.165, 1.54) is 50.8 Å². The molecule has 0 unspecified atom stereocenters. The number of anilines is 1. The van der Waals surface area contributed by atoms with Gasteiger partial charge in [0.2, 0.25) is 5.88 Å². The summed E-state index contributed by atoms with van der Waals surface area (Å²) in [5.74, 6) is -0.0508. The summed E-state index contributed by atoms with van der Waals surface area (Å²) in [5.41, 5.74) is 0.306. The second kappa shape index (κ2) is 8.95. The van der Waals surface area contributed by atoms with Crippen molar-refractivity contribution < 1.29 is 27.8 Å². The van der Waals surface area contributed by atoms with Gasteiger partial charge < -0.3 is 14.6 Å². The molecule has 0 saturated heterocycles. The molecule has 11 heteroatoms. The van der Waals surface area contributed by atoms with Crippen LogP contribution in [-0.4, -0.2) is 49.7 Å². The number of aliphatic hydroxyl groups is 1. The monoisotopic (exact) mass is 460 g/mol. The van der Waals surface area contributed by atoms with E-state index >= 15 is 0 Å². The molecule has 0 spiro atoms. The second-order valence-electron chi connectivity index (χ2n) is 7.94. The molecular formula is C21H24N4O6S. The molecule has 2 aromatic rings. The van der Waals surface area contributed by atoms with Crippen molar-refractivity contribution in [3.8, 4) is 11.9 Å². The summed E-state index contributed by atoms with van der Waals surface area (Å²) in [7, 11) is -1.22. The number of allylic oxidation sites excluding steroid dienone is 2. The SMILES string of the molecule is COc1cc(NS(=O)(=O)c2ccc(N=CC3=C(O)CC(C)(C)CC3=O)cc2)nc(OC)n1. The van der Waals surface area contributed by atoms with Crippen molar-refractivity contribution in [1.29, 1.82) is 0 Å². The second-order valence-corrected chi connectivity index (χ2v) is 9.62. The molecular weight excluding hydrogens is 436 g/mol. The van der Waals surface area contributed by atoms with Gasteiger partial charge in [0, 0.05) is 25.1 Å². The van der Waals surface area contributed by atoms with Gasteiger partial charge >= 0.3 is 6.01 Å². The number of benzene rings is 1. The van der Waals surface area contributed by atoms with Gasteiger partial charge in [0.05, 0.1) is 30.4 Å². The van der Waals surface area contributed by atoms with E-state index in [4.69, 9.17) is 9.47 Å². The number of methoxy groups -OCH3 is 2. The van der Waals surface area contributed by atoms with Crippen molar-refractivity contribution >= 4 is 33.5 Å². The maximum atomic E-state index is 12.7. The Hall–Kier alpha value is -3.47. The van der Waals surface area contributed by atoms with E-state index in [2.05, 4.69) is 19.7 Å². The van der Waals surface area contributed by atoms with E-state index in [0.29, 0.717) is 18.5 Å². The number of rotatable bonds is 7. The van der Waals surface area contributed by atoms with Gasteiger partial charge in [-0.05, 0) is 29.7 Å². The first-order chi connectivity index (χ1) is 15.0. The lowest BCUT2D eigenvalue weighted by Crippen LogP contribution is -2.26. The Kier molecular flexibility index (Phi) is 6.49. The van der Waals surface area contributed by atoms with Crippen LogP contribution in [0.2, 0.25) is 0 Å². The molecule has 0 atom stereocenters. The van der Waals surface area contributed by atoms with Gasteiger partial charge in [0.15, 0.2) is 11.6 Å². The minimum Gasteiger partial charge on any atom is -0.511 e. The van der Waals surface area contributed by atoms with Crippen molar-refractivity contribution in [3.63, 3.8) is 0 Å². The van der Waals surface area contributed by atoms with Crippen LogP contribution in [0.1, 0.15) is 26.7 Å². The lowest BCUT2D eigenvalue weighted by atomic mass is 9.77. The van der Waals surface area contributed by atoms with E-state index in [-0.39, 0.29) is 45.1 Å². The van der Waals surface area contributed by atoms with Crippen LogP contribution in [0.3, 0.4) is 0 Å². The summed E-state index contributed by atoms with van der Waals surface area (Å²) in [6.45, 7) is 3.83. The molecule has 32 heavy (non-hydrogen) atoms. The lowest BCUT2D eigenvalue weighted by Gasteiger charge is -2.28. The van der Waals surface area contributed by atoms with Gasteiger partial charge in [-0.3, -0.25) is 14.5 Å². The highest BCUT2D eigenvalue weighted by atomic mass is 32.2. The number of Topliss-reactive ketones (excluding diaryl/α,β-unsaturated/α-hetero) is 1. The number of nitrogens with zero attached hydrogens (tertiary/aromatic N) is 3. The molecule has 0 radical (unpaired) electrons. The number of carbonyl (C=O) groups is 1. The fraction of sp³-hybridized carbons (Fsp3) is 0.333. The maximum absolute atomic E-state index is 12.7. The average Bonchev–Trinajstić information content (AvgIpc) is 2.72. The Balaban J connectivity index is 1.78. The molecule has 0 bridgehead atoms. The Morgan fingerprint density at radius 2 is 1.81 bits per heavy atom. The number of carbonyl (C=O) groups excluding carboxylic acids is 1. The minimum absolute atomic E-state index is 0.00843. The Labute approximate surface area is 186 Å². The molecule has 2 N–H and O–H groups in total. The maximum Gasteiger partial charge on any atom is 0.321 e. The van der Waals surface area contributed by atoms with Crippen LogP contribution in [0.5, 0.6) is 11.9 Å². The fourth-order valence-corrected chi connectivity index (χ4v) is 4.14. The third kappa shape index (κ3) is 5.41. The first kappa shape index (κ1) is 23.2. The van der Waals surface area contributed by atoms with Gasteiger partial charge in [-0.25, -0.2) is 8.42 Å². The van der Waals surface area contributed by atoms with Crippen molar-refractivity contribution in [1.82, 2.24) is 9.97 Å². The molecule has 3 rings (SSSR count). The van der Waals surface area contributed by atoms with Crippen LogP contribution in [0.4, 0.5) is 11.5 Å². The predicted octanol–water partition coefficient (Wildman–Crippen LogP) is 3.20. The smallest absolute Gasteiger partial charge is 0.321 e. The highest BCUT2D eigenvalue weighted by Gasteiger charge is 2.32. The first-order valence-corrected chi connectivity index (χ1v) is 11.1. The third-order valence-electron chi connectivity index (χ3n) is 4.70. The molecule has 0 aliphatic heterocycles. The van der Waals surface area contributed by atoms with Crippen molar-refractivity contribution in [3.05, 3.63) is 41.7 Å². The molecule has 170 valence electrons. The quantitative estimate of drug-likeness (QED) is 0.600. The molecule has 0 saturated carbocycles. The number of sulfonamides is 1. The molecule has 1 aliphatic rings. The van der Waals surface area contributed by atoms with Gasteiger partial charge in [-0.1, -0.05) is 13.8 Å². The van der Waals surface area contributed by atoms with Crippen LogP contribution >= 0.6 is 0 Å². The van der Waals surface area contributed by atoms with Gasteiger partial charge in [0.1, 0.15) is 5.76 Å². The fourth-order valence-electron chi connectivity index (χ4n) is 3.15. The number of ether oxygens (including phenoxy) is 2. The third-order valence-corrected chi connectivity index (χ3v) is 6.07. The molecule has 0 amide bonds. The zero-order valence-electron chi connectivity index (χ0n) is 18.1. The summed E-state index contributed by atoms with van der Waals surface area (Å²) in [6.07, 6.45) is 2.02. The van der Waals surface area contributed by atoms with Crippen LogP contribution in [0.25, 0.3) is 0 Å². The normalized spacial score (nSPS) is 16.3. The zero-order valence-corrected chi connectivity index (χ0v) is 18.9. The van der Waals surface area contributed by atoms with E-state index < -0.39 is 10.0 Å². The van der Waals surface area contributed by atoms with Gasteiger partial charge in [0.25, 0.3) is 10.0 Å².